The molecule has 1 aliphatic heterocycles. The van der Waals surface area contributed by atoms with Crippen molar-refractivity contribution in [2.45, 2.75) is 50.7 Å². The van der Waals surface area contributed by atoms with Gasteiger partial charge in [0.1, 0.15) is 0 Å². The molecule has 2 atom stereocenters. The number of morpholine rings is 1. The largest absolute Gasteiger partial charge is 0.379 e. The van der Waals surface area contributed by atoms with Crippen molar-refractivity contribution >= 4 is 5.91 Å². The van der Waals surface area contributed by atoms with Gasteiger partial charge in [0.2, 0.25) is 5.91 Å². The van der Waals surface area contributed by atoms with Crippen molar-refractivity contribution in [1.29, 1.82) is 0 Å². The summed E-state index contributed by atoms with van der Waals surface area (Å²) in [5, 5.41) is 3.39. The van der Waals surface area contributed by atoms with Gasteiger partial charge < -0.3 is 15.8 Å². The first-order valence-corrected chi connectivity index (χ1v) is 6.91. The van der Waals surface area contributed by atoms with Crippen LogP contribution in [0, 0.1) is 0 Å². The van der Waals surface area contributed by atoms with E-state index in [0.717, 1.165) is 45.6 Å². The number of primary amides is 1. The van der Waals surface area contributed by atoms with Gasteiger partial charge >= 0.3 is 0 Å². The van der Waals surface area contributed by atoms with Crippen LogP contribution in [0.3, 0.4) is 0 Å². The molecule has 1 saturated carbocycles. The van der Waals surface area contributed by atoms with Crippen LogP contribution in [0.2, 0.25) is 0 Å². The molecular weight excluding hydrogens is 230 g/mol. The standard InChI is InChI=1S/C13H25N3O2/c1-10-9-18-8-7-16(10)6-5-13(2,12(14)17)15-11-3-4-11/h10-11,15H,3-9H2,1-2H3,(H2,14,17). The van der Waals surface area contributed by atoms with Crippen LogP contribution in [-0.4, -0.2) is 54.7 Å². The topological polar surface area (TPSA) is 67.6 Å². The predicted molar refractivity (Wildman–Crippen MR) is 70.2 cm³/mol. The third-order valence-corrected chi connectivity index (χ3v) is 4.05. The smallest absolute Gasteiger partial charge is 0.237 e. The third kappa shape index (κ3) is 3.43. The Kier molecular flexibility index (Phi) is 4.25. The van der Waals surface area contributed by atoms with Crippen LogP contribution in [0.5, 0.6) is 0 Å². The fourth-order valence-corrected chi connectivity index (χ4v) is 2.41. The molecule has 2 unspecified atom stereocenters. The normalized spacial score (nSPS) is 28.9. The highest BCUT2D eigenvalue weighted by atomic mass is 16.5. The minimum Gasteiger partial charge on any atom is -0.379 e. The summed E-state index contributed by atoms with van der Waals surface area (Å²) in [6.45, 7) is 7.49. The molecule has 5 heteroatoms. The lowest BCUT2D eigenvalue weighted by atomic mass is 9.96. The van der Waals surface area contributed by atoms with E-state index >= 15 is 0 Å². The molecule has 5 nitrogen and oxygen atoms in total. The second-order valence-corrected chi connectivity index (χ2v) is 5.82. The summed E-state index contributed by atoms with van der Waals surface area (Å²) in [7, 11) is 0. The van der Waals surface area contributed by atoms with Crippen molar-refractivity contribution in [3.8, 4) is 0 Å². The minimum absolute atomic E-state index is 0.240. The molecule has 0 radical (unpaired) electrons. The Balaban J connectivity index is 1.86. The van der Waals surface area contributed by atoms with E-state index in [1.54, 1.807) is 0 Å². The summed E-state index contributed by atoms with van der Waals surface area (Å²) in [6, 6.07) is 0.918. The van der Waals surface area contributed by atoms with Gasteiger partial charge in [0.15, 0.2) is 0 Å². The maximum atomic E-state index is 11.7. The number of ether oxygens (including phenoxy) is 1. The van der Waals surface area contributed by atoms with Gasteiger partial charge in [0.25, 0.3) is 0 Å². The van der Waals surface area contributed by atoms with E-state index in [1.807, 2.05) is 6.92 Å². The van der Waals surface area contributed by atoms with Crippen molar-refractivity contribution in [3.63, 3.8) is 0 Å². The minimum atomic E-state index is -0.570. The quantitative estimate of drug-likeness (QED) is 0.706. The SMILES string of the molecule is CC1COCCN1CCC(C)(NC1CC1)C(N)=O. The molecule has 0 aromatic rings. The Labute approximate surface area is 109 Å². The molecule has 1 aliphatic carbocycles. The highest BCUT2D eigenvalue weighted by Crippen LogP contribution is 2.24. The zero-order chi connectivity index (χ0) is 13.2. The van der Waals surface area contributed by atoms with Crippen molar-refractivity contribution < 1.29 is 9.53 Å². The second kappa shape index (κ2) is 5.55. The van der Waals surface area contributed by atoms with Crippen LogP contribution < -0.4 is 11.1 Å². The Hall–Kier alpha value is -0.650. The molecule has 1 amide bonds. The summed E-state index contributed by atoms with van der Waals surface area (Å²) < 4.78 is 5.42. The average Bonchev–Trinajstić information content (AvgIpc) is 3.11. The number of hydrogen-bond acceptors (Lipinski definition) is 4. The zero-order valence-electron chi connectivity index (χ0n) is 11.4. The summed E-state index contributed by atoms with van der Waals surface area (Å²) in [5.74, 6) is -0.240. The van der Waals surface area contributed by atoms with Gasteiger partial charge in [0, 0.05) is 25.2 Å². The molecule has 2 fully saturated rings. The Morgan fingerprint density at radius 2 is 2.28 bits per heavy atom. The number of carbonyl (C=O) groups excluding carboxylic acids is 1. The summed E-state index contributed by atoms with van der Waals surface area (Å²) in [6.07, 6.45) is 3.09. The number of nitrogens with zero attached hydrogens (tertiary/aromatic N) is 1. The molecule has 1 heterocycles. The number of hydrogen-bond donors (Lipinski definition) is 2. The highest BCUT2D eigenvalue weighted by molar-refractivity contribution is 5.84. The second-order valence-electron chi connectivity index (χ2n) is 5.82. The van der Waals surface area contributed by atoms with Crippen LogP contribution >= 0.6 is 0 Å². The molecule has 3 N–H and O–H groups in total. The molecule has 1 saturated heterocycles. The molecule has 18 heavy (non-hydrogen) atoms. The van der Waals surface area contributed by atoms with Crippen molar-refractivity contribution in [2.75, 3.05) is 26.3 Å². The van der Waals surface area contributed by atoms with E-state index in [9.17, 15) is 4.79 Å². The molecule has 0 aromatic heterocycles. The van der Waals surface area contributed by atoms with Crippen LogP contribution in [0.15, 0.2) is 0 Å². The monoisotopic (exact) mass is 255 g/mol. The highest BCUT2D eigenvalue weighted by Gasteiger charge is 2.37. The molecule has 0 bridgehead atoms. The number of rotatable bonds is 6. The average molecular weight is 255 g/mol. The first kappa shape index (κ1) is 13.8. The molecule has 2 aliphatic rings. The molecule has 0 spiro atoms. The predicted octanol–water partition coefficient (Wildman–Crippen LogP) is 0.0932. The van der Waals surface area contributed by atoms with Crippen LogP contribution in [0.4, 0.5) is 0 Å². The van der Waals surface area contributed by atoms with Gasteiger partial charge in [-0.25, -0.2) is 0 Å². The fourth-order valence-electron chi connectivity index (χ4n) is 2.41. The summed E-state index contributed by atoms with van der Waals surface area (Å²) >= 11 is 0. The fraction of sp³-hybridized carbons (Fsp3) is 0.923. The lowest BCUT2D eigenvalue weighted by molar-refractivity contribution is -0.124. The van der Waals surface area contributed by atoms with Crippen LogP contribution in [-0.2, 0) is 9.53 Å². The third-order valence-electron chi connectivity index (χ3n) is 4.05. The number of nitrogens with one attached hydrogen (secondary N) is 1. The van der Waals surface area contributed by atoms with E-state index in [0.29, 0.717) is 12.1 Å². The van der Waals surface area contributed by atoms with E-state index in [-0.39, 0.29) is 5.91 Å². The number of amides is 1. The van der Waals surface area contributed by atoms with E-state index in [1.165, 1.54) is 0 Å². The van der Waals surface area contributed by atoms with Gasteiger partial charge in [-0.1, -0.05) is 0 Å². The zero-order valence-corrected chi connectivity index (χ0v) is 11.4. The molecule has 0 aromatic carbocycles. The molecular formula is C13H25N3O2. The van der Waals surface area contributed by atoms with Crippen molar-refractivity contribution in [3.05, 3.63) is 0 Å². The molecule has 104 valence electrons. The molecule has 2 rings (SSSR count). The lowest BCUT2D eigenvalue weighted by Crippen LogP contribution is -2.56. The van der Waals surface area contributed by atoms with Gasteiger partial charge in [-0.3, -0.25) is 9.69 Å². The number of carbonyl (C=O) groups is 1. The Morgan fingerprint density at radius 3 is 2.83 bits per heavy atom. The van der Waals surface area contributed by atoms with Gasteiger partial charge in [-0.15, -0.1) is 0 Å². The summed E-state index contributed by atoms with van der Waals surface area (Å²) in [4.78, 5) is 14.0. The van der Waals surface area contributed by atoms with Crippen LogP contribution in [0.1, 0.15) is 33.1 Å². The van der Waals surface area contributed by atoms with E-state index in [2.05, 4.69) is 17.1 Å². The maximum absolute atomic E-state index is 11.7. The van der Waals surface area contributed by atoms with Crippen molar-refractivity contribution in [2.24, 2.45) is 5.73 Å². The van der Waals surface area contributed by atoms with Crippen molar-refractivity contribution in [1.82, 2.24) is 10.2 Å². The first-order valence-electron chi connectivity index (χ1n) is 6.91. The number of nitrogens with two attached hydrogens (primary N) is 1. The Morgan fingerprint density at radius 1 is 1.56 bits per heavy atom. The van der Waals surface area contributed by atoms with Crippen LogP contribution in [0.25, 0.3) is 0 Å². The van der Waals surface area contributed by atoms with Gasteiger partial charge in [-0.2, -0.15) is 0 Å². The van der Waals surface area contributed by atoms with E-state index in [4.69, 9.17) is 10.5 Å². The Bertz CT molecular complexity index is 307. The summed E-state index contributed by atoms with van der Waals surface area (Å²) in [5.41, 5.74) is 4.98. The lowest BCUT2D eigenvalue weighted by Gasteiger charge is -2.36. The maximum Gasteiger partial charge on any atom is 0.237 e. The van der Waals surface area contributed by atoms with Gasteiger partial charge in [0.05, 0.1) is 18.8 Å². The van der Waals surface area contributed by atoms with Gasteiger partial charge in [-0.05, 0) is 33.1 Å². The first-order chi connectivity index (χ1) is 8.51. The van der Waals surface area contributed by atoms with E-state index < -0.39 is 5.54 Å².